The number of rotatable bonds is 4. The van der Waals surface area contributed by atoms with Gasteiger partial charge in [0.05, 0.1) is 10.5 Å². The average Bonchev–Trinajstić information content (AvgIpc) is 3.28. The zero-order valence-corrected chi connectivity index (χ0v) is 12.2. The van der Waals surface area contributed by atoms with Crippen LogP contribution < -0.4 is 0 Å². The molecule has 0 atom stereocenters. The fraction of sp³-hybridized carbons (Fsp3) is 0.375. The predicted molar refractivity (Wildman–Crippen MR) is 81.1 cm³/mol. The van der Waals surface area contributed by atoms with Crippen LogP contribution in [0.2, 0.25) is 5.02 Å². The van der Waals surface area contributed by atoms with Crippen LogP contribution in [0.5, 0.6) is 0 Å². The van der Waals surface area contributed by atoms with Crippen molar-refractivity contribution in [3.05, 3.63) is 41.0 Å². The van der Waals surface area contributed by atoms with Crippen LogP contribution in [0.3, 0.4) is 0 Å². The molecule has 0 unspecified atom stereocenters. The van der Waals surface area contributed by atoms with Crippen LogP contribution in [0.15, 0.2) is 30.3 Å². The van der Waals surface area contributed by atoms with Crippen LogP contribution >= 0.6 is 11.6 Å². The second-order valence-electron chi connectivity index (χ2n) is 5.29. The number of para-hydroxylation sites is 1. The molecule has 1 saturated carbocycles. The highest BCUT2D eigenvalue weighted by Gasteiger charge is 2.27. The van der Waals surface area contributed by atoms with Gasteiger partial charge in [0.1, 0.15) is 5.69 Å². The maximum atomic E-state index is 12.5. The summed E-state index contributed by atoms with van der Waals surface area (Å²) in [5.41, 5.74) is 1.21. The van der Waals surface area contributed by atoms with Crippen molar-refractivity contribution in [1.82, 2.24) is 9.88 Å². The number of nitrogens with zero attached hydrogens (tertiary/aromatic N) is 2. The molecule has 20 heavy (non-hydrogen) atoms. The Hall–Kier alpha value is -1.61. The molecule has 0 saturated heterocycles. The quantitative estimate of drug-likeness (QED) is 0.858. The molecule has 1 aromatic heterocycles. The highest BCUT2D eigenvalue weighted by molar-refractivity contribution is 6.35. The lowest BCUT2D eigenvalue weighted by atomic mass is 10.2. The minimum atomic E-state index is -0.0212. The van der Waals surface area contributed by atoms with Crippen molar-refractivity contribution in [2.45, 2.75) is 19.8 Å². The molecule has 2 aromatic rings. The maximum Gasteiger partial charge on any atom is 0.272 e. The molecule has 1 amide bonds. The van der Waals surface area contributed by atoms with E-state index in [4.69, 9.17) is 11.6 Å². The Bertz CT molecular complexity index is 652. The lowest BCUT2D eigenvalue weighted by molar-refractivity contribution is 0.0751. The first kappa shape index (κ1) is 13.4. The molecule has 1 aliphatic rings. The van der Waals surface area contributed by atoms with E-state index < -0.39 is 0 Å². The van der Waals surface area contributed by atoms with E-state index in [2.05, 4.69) is 4.98 Å². The Balaban J connectivity index is 1.93. The number of carbonyl (C=O) groups is 1. The topological polar surface area (TPSA) is 33.2 Å². The first-order valence-electron chi connectivity index (χ1n) is 7.03. The van der Waals surface area contributed by atoms with E-state index in [1.807, 2.05) is 36.1 Å². The monoisotopic (exact) mass is 288 g/mol. The summed E-state index contributed by atoms with van der Waals surface area (Å²) in [6.07, 6.45) is 2.46. The predicted octanol–water partition coefficient (Wildman–Crippen LogP) is 3.76. The van der Waals surface area contributed by atoms with Crippen LogP contribution in [0.25, 0.3) is 10.9 Å². The number of halogens is 1. The van der Waals surface area contributed by atoms with Crippen molar-refractivity contribution in [1.29, 1.82) is 0 Å². The second kappa shape index (κ2) is 5.41. The van der Waals surface area contributed by atoms with Gasteiger partial charge in [-0.25, -0.2) is 4.98 Å². The van der Waals surface area contributed by atoms with E-state index in [0.29, 0.717) is 23.2 Å². The van der Waals surface area contributed by atoms with Gasteiger partial charge in [0, 0.05) is 18.5 Å². The largest absolute Gasteiger partial charge is 0.337 e. The summed E-state index contributed by atoms with van der Waals surface area (Å²) in [6, 6.07) is 9.31. The van der Waals surface area contributed by atoms with Gasteiger partial charge in [0.25, 0.3) is 5.91 Å². The van der Waals surface area contributed by atoms with Gasteiger partial charge in [-0.2, -0.15) is 0 Å². The van der Waals surface area contributed by atoms with Crippen molar-refractivity contribution >= 4 is 28.4 Å². The van der Waals surface area contributed by atoms with E-state index in [1.54, 1.807) is 6.07 Å². The van der Waals surface area contributed by atoms with Crippen LogP contribution in [0.1, 0.15) is 30.3 Å². The Morgan fingerprint density at radius 1 is 1.40 bits per heavy atom. The SMILES string of the molecule is CCN(CC1CC1)C(=O)c1cc(Cl)c2ccccc2n1. The standard InChI is InChI=1S/C16H17ClN2O/c1-2-19(10-11-7-8-11)16(20)15-9-13(17)12-5-3-4-6-14(12)18-15/h3-6,9,11H,2,7-8,10H2,1H3. The molecular weight excluding hydrogens is 272 g/mol. The molecule has 0 radical (unpaired) electrons. The number of hydrogen-bond acceptors (Lipinski definition) is 2. The molecule has 0 bridgehead atoms. The highest BCUT2D eigenvalue weighted by atomic mass is 35.5. The summed E-state index contributed by atoms with van der Waals surface area (Å²) in [4.78, 5) is 18.9. The fourth-order valence-electron chi connectivity index (χ4n) is 2.37. The Morgan fingerprint density at radius 2 is 2.15 bits per heavy atom. The van der Waals surface area contributed by atoms with Crippen molar-refractivity contribution in [3.8, 4) is 0 Å². The van der Waals surface area contributed by atoms with Gasteiger partial charge < -0.3 is 4.90 Å². The summed E-state index contributed by atoms with van der Waals surface area (Å²) in [5, 5.41) is 1.47. The van der Waals surface area contributed by atoms with Crippen molar-refractivity contribution in [3.63, 3.8) is 0 Å². The van der Waals surface area contributed by atoms with E-state index >= 15 is 0 Å². The van der Waals surface area contributed by atoms with Gasteiger partial charge in [0.2, 0.25) is 0 Å². The minimum Gasteiger partial charge on any atom is -0.337 e. The van der Waals surface area contributed by atoms with Gasteiger partial charge in [-0.3, -0.25) is 4.79 Å². The molecule has 1 heterocycles. The van der Waals surface area contributed by atoms with Gasteiger partial charge in [-0.05, 0) is 37.8 Å². The van der Waals surface area contributed by atoms with Crippen molar-refractivity contribution in [2.75, 3.05) is 13.1 Å². The third kappa shape index (κ3) is 2.63. The second-order valence-corrected chi connectivity index (χ2v) is 5.70. The molecular formula is C16H17ClN2O. The van der Waals surface area contributed by atoms with Crippen LogP contribution in [0.4, 0.5) is 0 Å². The number of benzene rings is 1. The summed E-state index contributed by atoms with van der Waals surface area (Å²) >= 11 is 6.26. The number of pyridine rings is 1. The minimum absolute atomic E-state index is 0.0212. The summed E-state index contributed by atoms with van der Waals surface area (Å²) in [6.45, 7) is 3.55. The Morgan fingerprint density at radius 3 is 2.85 bits per heavy atom. The van der Waals surface area contributed by atoms with E-state index in [-0.39, 0.29) is 5.91 Å². The molecule has 0 N–H and O–H groups in total. The van der Waals surface area contributed by atoms with E-state index in [9.17, 15) is 4.79 Å². The average molecular weight is 289 g/mol. The Labute approximate surface area is 123 Å². The van der Waals surface area contributed by atoms with Crippen LogP contribution in [-0.4, -0.2) is 28.9 Å². The van der Waals surface area contributed by atoms with Gasteiger partial charge >= 0.3 is 0 Å². The molecule has 4 heteroatoms. The summed E-state index contributed by atoms with van der Waals surface area (Å²) < 4.78 is 0. The Kier molecular flexibility index (Phi) is 3.62. The zero-order chi connectivity index (χ0) is 14.1. The zero-order valence-electron chi connectivity index (χ0n) is 11.5. The summed E-state index contributed by atoms with van der Waals surface area (Å²) in [7, 11) is 0. The first-order chi connectivity index (χ1) is 9.69. The molecule has 3 rings (SSSR count). The molecule has 1 aliphatic carbocycles. The third-order valence-corrected chi connectivity index (χ3v) is 4.04. The third-order valence-electron chi connectivity index (χ3n) is 3.73. The first-order valence-corrected chi connectivity index (χ1v) is 7.41. The van der Waals surface area contributed by atoms with E-state index in [1.165, 1.54) is 12.8 Å². The molecule has 0 aliphatic heterocycles. The number of amides is 1. The van der Waals surface area contributed by atoms with Gasteiger partial charge in [-0.1, -0.05) is 29.8 Å². The number of carbonyl (C=O) groups excluding carboxylic acids is 1. The lowest BCUT2D eigenvalue weighted by Gasteiger charge is -2.20. The molecule has 1 aromatic carbocycles. The molecule has 3 nitrogen and oxygen atoms in total. The van der Waals surface area contributed by atoms with Crippen LogP contribution in [0, 0.1) is 5.92 Å². The smallest absolute Gasteiger partial charge is 0.272 e. The normalized spacial score (nSPS) is 14.5. The summed E-state index contributed by atoms with van der Waals surface area (Å²) in [5.74, 6) is 0.655. The number of hydrogen-bond donors (Lipinski definition) is 0. The van der Waals surface area contributed by atoms with Gasteiger partial charge in [0.15, 0.2) is 0 Å². The van der Waals surface area contributed by atoms with Crippen molar-refractivity contribution < 1.29 is 4.79 Å². The number of fused-ring (bicyclic) bond motifs is 1. The highest BCUT2D eigenvalue weighted by Crippen LogP contribution is 2.30. The van der Waals surface area contributed by atoms with Crippen LogP contribution in [-0.2, 0) is 0 Å². The fourth-order valence-corrected chi connectivity index (χ4v) is 2.64. The van der Waals surface area contributed by atoms with Crippen molar-refractivity contribution in [2.24, 2.45) is 5.92 Å². The molecule has 1 fully saturated rings. The number of aromatic nitrogens is 1. The lowest BCUT2D eigenvalue weighted by Crippen LogP contribution is -2.33. The molecule has 104 valence electrons. The maximum absolute atomic E-state index is 12.5. The van der Waals surface area contributed by atoms with E-state index in [0.717, 1.165) is 17.4 Å². The molecule has 0 spiro atoms. The van der Waals surface area contributed by atoms with Gasteiger partial charge in [-0.15, -0.1) is 0 Å².